The van der Waals surface area contributed by atoms with E-state index in [1.807, 2.05) is 7.05 Å². The van der Waals surface area contributed by atoms with Crippen LogP contribution in [0, 0.1) is 11.8 Å². The van der Waals surface area contributed by atoms with Gasteiger partial charge in [0, 0.05) is 19.5 Å². The molecule has 19 heavy (non-hydrogen) atoms. The second kappa shape index (κ2) is 7.28. The Morgan fingerprint density at radius 1 is 1.26 bits per heavy atom. The number of nitrogens with zero attached hydrogens (tertiary/aromatic N) is 1. The number of rotatable bonds is 6. The van der Waals surface area contributed by atoms with Crippen molar-refractivity contribution in [2.75, 3.05) is 13.6 Å². The van der Waals surface area contributed by atoms with Gasteiger partial charge < -0.3 is 10.0 Å². The summed E-state index contributed by atoms with van der Waals surface area (Å²) in [7, 11) is 1.81. The molecule has 3 heteroatoms. The zero-order valence-electron chi connectivity index (χ0n) is 13.1. The van der Waals surface area contributed by atoms with Crippen molar-refractivity contribution in [3.63, 3.8) is 0 Å². The van der Waals surface area contributed by atoms with Crippen molar-refractivity contribution >= 4 is 5.91 Å². The molecular weight excluding hydrogens is 238 g/mol. The van der Waals surface area contributed by atoms with Gasteiger partial charge in [0.1, 0.15) is 0 Å². The van der Waals surface area contributed by atoms with E-state index in [0.717, 1.165) is 18.8 Å². The van der Waals surface area contributed by atoms with Crippen molar-refractivity contribution < 1.29 is 9.90 Å². The Morgan fingerprint density at radius 3 is 2.32 bits per heavy atom. The van der Waals surface area contributed by atoms with Crippen molar-refractivity contribution in [3.05, 3.63) is 0 Å². The molecule has 0 heterocycles. The Morgan fingerprint density at radius 2 is 1.84 bits per heavy atom. The summed E-state index contributed by atoms with van der Waals surface area (Å²) in [5.74, 6) is 1.24. The summed E-state index contributed by atoms with van der Waals surface area (Å²) >= 11 is 0. The molecule has 1 fully saturated rings. The molecule has 0 aromatic rings. The van der Waals surface area contributed by atoms with Crippen LogP contribution in [-0.2, 0) is 4.79 Å². The Kier molecular flexibility index (Phi) is 6.31. The van der Waals surface area contributed by atoms with Crippen LogP contribution >= 0.6 is 0 Å². The van der Waals surface area contributed by atoms with Crippen molar-refractivity contribution in [3.8, 4) is 0 Å². The van der Waals surface area contributed by atoms with E-state index in [-0.39, 0.29) is 11.8 Å². The van der Waals surface area contributed by atoms with Gasteiger partial charge in [-0.15, -0.1) is 0 Å². The highest BCUT2D eigenvalue weighted by molar-refractivity contribution is 5.78. The third-order valence-corrected chi connectivity index (χ3v) is 4.16. The molecule has 1 saturated carbocycles. The zero-order valence-corrected chi connectivity index (χ0v) is 13.1. The summed E-state index contributed by atoms with van der Waals surface area (Å²) in [6.07, 6.45) is 8.39. The van der Waals surface area contributed by atoms with Crippen molar-refractivity contribution in [2.24, 2.45) is 11.8 Å². The molecule has 0 spiro atoms. The lowest BCUT2D eigenvalue weighted by Crippen LogP contribution is -2.43. The molecule has 0 aromatic heterocycles. The summed E-state index contributed by atoms with van der Waals surface area (Å²) < 4.78 is 0. The molecule has 1 rings (SSSR count). The number of carbonyl (C=O) groups is 1. The molecule has 0 aliphatic heterocycles. The first-order valence-electron chi connectivity index (χ1n) is 7.81. The predicted octanol–water partition coefficient (Wildman–Crippen LogP) is 3.21. The number of amides is 1. The fraction of sp³-hybridized carbons (Fsp3) is 0.938. The maximum absolute atomic E-state index is 12.3. The van der Waals surface area contributed by atoms with E-state index in [1.165, 1.54) is 32.1 Å². The molecule has 1 amide bonds. The van der Waals surface area contributed by atoms with Crippen LogP contribution in [0.25, 0.3) is 0 Å². The van der Waals surface area contributed by atoms with Crippen LogP contribution in [0.15, 0.2) is 0 Å². The molecule has 0 radical (unpaired) electrons. The van der Waals surface area contributed by atoms with Crippen molar-refractivity contribution in [1.29, 1.82) is 0 Å². The van der Waals surface area contributed by atoms with Gasteiger partial charge in [-0.2, -0.15) is 0 Å². The van der Waals surface area contributed by atoms with Gasteiger partial charge in [0.05, 0.1) is 5.60 Å². The van der Waals surface area contributed by atoms with Crippen LogP contribution in [-0.4, -0.2) is 35.1 Å². The minimum atomic E-state index is -0.803. The minimum absolute atomic E-state index is 0.185. The van der Waals surface area contributed by atoms with Gasteiger partial charge in [0.2, 0.25) is 5.91 Å². The second-order valence-corrected chi connectivity index (χ2v) is 6.87. The third-order valence-electron chi connectivity index (χ3n) is 4.16. The fourth-order valence-electron chi connectivity index (χ4n) is 3.16. The molecule has 1 N–H and O–H groups in total. The van der Waals surface area contributed by atoms with E-state index in [2.05, 4.69) is 6.92 Å². The van der Waals surface area contributed by atoms with Gasteiger partial charge in [0.15, 0.2) is 0 Å². The summed E-state index contributed by atoms with van der Waals surface area (Å²) in [5, 5.41) is 9.78. The van der Waals surface area contributed by atoms with Gasteiger partial charge >= 0.3 is 0 Å². The minimum Gasteiger partial charge on any atom is -0.389 e. The Balaban J connectivity index is 2.36. The Bertz CT molecular complexity index is 275. The topological polar surface area (TPSA) is 40.5 Å². The molecule has 0 aromatic carbocycles. The molecule has 112 valence electrons. The van der Waals surface area contributed by atoms with Crippen molar-refractivity contribution in [2.45, 2.75) is 71.3 Å². The van der Waals surface area contributed by atoms with Crippen LogP contribution in [0.5, 0.6) is 0 Å². The summed E-state index contributed by atoms with van der Waals surface area (Å²) in [4.78, 5) is 14.0. The number of carbonyl (C=O) groups excluding carboxylic acids is 1. The lowest BCUT2D eigenvalue weighted by Gasteiger charge is -2.32. The van der Waals surface area contributed by atoms with Crippen LogP contribution in [0.1, 0.15) is 65.7 Å². The monoisotopic (exact) mass is 269 g/mol. The van der Waals surface area contributed by atoms with Crippen molar-refractivity contribution in [1.82, 2.24) is 4.90 Å². The standard InChI is InChI=1S/C16H31NO2/c1-5-6-7-13-8-10-14(11-9-13)15(18)17(4)12-16(2,3)19/h13-14,19H,5-12H2,1-4H3. The lowest BCUT2D eigenvalue weighted by molar-refractivity contribution is -0.138. The lowest BCUT2D eigenvalue weighted by atomic mass is 9.79. The van der Waals surface area contributed by atoms with Gasteiger partial charge in [-0.05, 0) is 45.4 Å². The van der Waals surface area contributed by atoms with Gasteiger partial charge in [-0.1, -0.05) is 26.2 Å². The quantitative estimate of drug-likeness (QED) is 0.804. The largest absolute Gasteiger partial charge is 0.389 e. The number of aliphatic hydroxyl groups is 1. The summed E-state index contributed by atoms with van der Waals surface area (Å²) in [6, 6.07) is 0. The van der Waals surface area contributed by atoms with E-state index < -0.39 is 5.60 Å². The Labute approximate surface area is 118 Å². The molecule has 0 bridgehead atoms. The number of hydrogen-bond acceptors (Lipinski definition) is 2. The van der Waals surface area contributed by atoms with Gasteiger partial charge in [-0.25, -0.2) is 0 Å². The first-order valence-corrected chi connectivity index (χ1v) is 7.81. The summed E-state index contributed by atoms with van der Waals surface area (Å²) in [6.45, 7) is 6.15. The maximum Gasteiger partial charge on any atom is 0.225 e. The van der Waals surface area contributed by atoms with E-state index in [9.17, 15) is 9.90 Å². The third kappa shape index (κ3) is 5.94. The molecular formula is C16H31NO2. The first kappa shape index (κ1) is 16.5. The first-order chi connectivity index (χ1) is 8.83. The second-order valence-electron chi connectivity index (χ2n) is 6.87. The zero-order chi connectivity index (χ0) is 14.5. The summed E-state index contributed by atoms with van der Waals surface area (Å²) in [5.41, 5.74) is -0.803. The normalized spacial score (nSPS) is 24.3. The number of likely N-dealkylation sites (N-methyl/N-ethyl adjacent to an activating group) is 1. The fourth-order valence-corrected chi connectivity index (χ4v) is 3.16. The Hall–Kier alpha value is -0.570. The SMILES string of the molecule is CCCCC1CCC(C(=O)N(C)CC(C)(C)O)CC1. The molecule has 3 nitrogen and oxygen atoms in total. The van der Waals surface area contributed by atoms with Crippen LogP contribution in [0.2, 0.25) is 0 Å². The van der Waals surface area contributed by atoms with Crippen LogP contribution in [0.3, 0.4) is 0 Å². The number of unbranched alkanes of at least 4 members (excludes halogenated alkanes) is 1. The molecule has 1 aliphatic carbocycles. The molecule has 0 saturated heterocycles. The van der Waals surface area contributed by atoms with Crippen LogP contribution < -0.4 is 0 Å². The highest BCUT2D eigenvalue weighted by Gasteiger charge is 2.29. The highest BCUT2D eigenvalue weighted by atomic mass is 16.3. The van der Waals surface area contributed by atoms with Gasteiger partial charge in [0.25, 0.3) is 0 Å². The highest BCUT2D eigenvalue weighted by Crippen LogP contribution is 2.32. The smallest absolute Gasteiger partial charge is 0.225 e. The number of hydrogen-bond donors (Lipinski definition) is 1. The predicted molar refractivity (Wildman–Crippen MR) is 78.9 cm³/mol. The van der Waals surface area contributed by atoms with E-state index in [0.29, 0.717) is 6.54 Å². The van der Waals surface area contributed by atoms with E-state index in [4.69, 9.17) is 0 Å². The maximum atomic E-state index is 12.3. The van der Waals surface area contributed by atoms with Gasteiger partial charge in [-0.3, -0.25) is 4.79 Å². The molecule has 1 aliphatic rings. The van der Waals surface area contributed by atoms with E-state index in [1.54, 1.807) is 18.7 Å². The molecule has 0 unspecified atom stereocenters. The van der Waals surface area contributed by atoms with E-state index >= 15 is 0 Å². The molecule has 0 atom stereocenters. The van der Waals surface area contributed by atoms with Crippen LogP contribution in [0.4, 0.5) is 0 Å². The average Bonchev–Trinajstić information content (AvgIpc) is 2.34. The average molecular weight is 269 g/mol.